The summed E-state index contributed by atoms with van der Waals surface area (Å²) in [6.07, 6.45) is 0.844. The van der Waals surface area contributed by atoms with Crippen molar-refractivity contribution in [3.63, 3.8) is 0 Å². The number of carbonyl (C=O) groups is 1. The molecule has 0 spiro atoms. The van der Waals surface area contributed by atoms with Crippen LogP contribution in [0.2, 0.25) is 0 Å². The lowest BCUT2D eigenvalue weighted by atomic mass is 10.0. The molecule has 3 rings (SSSR count). The number of amides is 1. The molecule has 2 aromatic carbocycles. The van der Waals surface area contributed by atoms with E-state index in [0.717, 1.165) is 28.8 Å². The Balaban J connectivity index is 1.71. The molecule has 1 amide bonds. The van der Waals surface area contributed by atoms with Crippen LogP contribution in [0.3, 0.4) is 0 Å². The fraction of sp³-hybridized carbons (Fsp3) is 0.200. The molecule has 0 atom stereocenters. The van der Waals surface area contributed by atoms with Gasteiger partial charge in [0, 0.05) is 30.5 Å². The minimum Gasteiger partial charge on any atom is -0.341 e. The zero-order valence-electron chi connectivity index (χ0n) is 13.9. The van der Waals surface area contributed by atoms with Crippen LogP contribution in [-0.4, -0.2) is 29.4 Å². The Morgan fingerprint density at radius 2 is 1.83 bits per heavy atom. The Kier molecular flexibility index (Phi) is 5.06. The number of thiazole rings is 1. The number of aromatic nitrogens is 1. The topological polar surface area (TPSA) is 33.2 Å². The summed E-state index contributed by atoms with van der Waals surface area (Å²) in [5.74, 6) is 0.0509. The lowest BCUT2D eigenvalue weighted by Gasteiger charge is -2.17. The maximum Gasteiger partial charge on any atom is 0.253 e. The predicted molar refractivity (Wildman–Crippen MR) is 99.4 cm³/mol. The Morgan fingerprint density at radius 3 is 2.54 bits per heavy atom. The third-order valence-corrected chi connectivity index (χ3v) is 5.08. The predicted octanol–water partition coefficient (Wildman–Crippen LogP) is 4.43. The van der Waals surface area contributed by atoms with Crippen molar-refractivity contribution in [2.45, 2.75) is 13.3 Å². The molecule has 0 saturated heterocycles. The summed E-state index contributed by atoms with van der Waals surface area (Å²) in [5, 5.41) is 0. The highest BCUT2D eigenvalue weighted by molar-refractivity contribution is 7.09. The standard InChI is InChI=1S/C20H20N2OS/c1-15-19(24-14-21-15)11-12-22(2)20(23)18-10-6-9-17(13-18)16-7-4-3-5-8-16/h3-10,13-14H,11-12H2,1-2H3. The van der Waals surface area contributed by atoms with Gasteiger partial charge in [-0.05, 0) is 30.2 Å². The third-order valence-electron chi connectivity index (χ3n) is 4.08. The van der Waals surface area contributed by atoms with Crippen LogP contribution in [0.1, 0.15) is 20.9 Å². The zero-order chi connectivity index (χ0) is 16.9. The van der Waals surface area contributed by atoms with Gasteiger partial charge in [0.15, 0.2) is 0 Å². The van der Waals surface area contributed by atoms with Crippen molar-refractivity contribution in [3.8, 4) is 11.1 Å². The number of rotatable bonds is 5. The van der Waals surface area contributed by atoms with E-state index in [1.165, 1.54) is 4.88 Å². The second-order valence-corrected chi connectivity index (χ2v) is 6.72. The van der Waals surface area contributed by atoms with E-state index in [-0.39, 0.29) is 5.91 Å². The van der Waals surface area contributed by atoms with Crippen molar-refractivity contribution >= 4 is 17.2 Å². The Hall–Kier alpha value is -2.46. The van der Waals surface area contributed by atoms with Gasteiger partial charge in [-0.2, -0.15) is 0 Å². The van der Waals surface area contributed by atoms with Crippen LogP contribution >= 0.6 is 11.3 Å². The summed E-state index contributed by atoms with van der Waals surface area (Å²) >= 11 is 1.65. The highest BCUT2D eigenvalue weighted by Crippen LogP contribution is 2.21. The van der Waals surface area contributed by atoms with Gasteiger partial charge < -0.3 is 4.90 Å². The first-order valence-corrected chi connectivity index (χ1v) is 8.83. The number of hydrogen-bond donors (Lipinski definition) is 0. The molecule has 3 nitrogen and oxygen atoms in total. The van der Waals surface area contributed by atoms with E-state index in [1.807, 2.05) is 61.9 Å². The van der Waals surface area contributed by atoms with Crippen LogP contribution in [0.4, 0.5) is 0 Å². The monoisotopic (exact) mass is 336 g/mol. The lowest BCUT2D eigenvalue weighted by Crippen LogP contribution is -2.28. The first kappa shape index (κ1) is 16.4. The minimum absolute atomic E-state index is 0.0509. The molecule has 122 valence electrons. The van der Waals surface area contributed by atoms with E-state index in [4.69, 9.17) is 0 Å². The Labute approximate surface area is 146 Å². The molecule has 0 aliphatic carbocycles. The number of hydrogen-bond acceptors (Lipinski definition) is 3. The average Bonchev–Trinajstić information content (AvgIpc) is 3.05. The molecule has 0 N–H and O–H groups in total. The SMILES string of the molecule is Cc1ncsc1CCN(C)C(=O)c1cccc(-c2ccccc2)c1. The fourth-order valence-electron chi connectivity index (χ4n) is 2.62. The summed E-state index contributed by atoms with van der Waals surface area (Å²) in [4.78, 5) is 20.0. The summed E-state index contributed by atoms with van der Waals surface area (Å²) in [6, 6.07) is 17.9. The summed E-state index contributed by atoms with van der Waals surface area (Å²) in [5.41, 5.74) is 5.82. The van der Waals surface area contributed by atoms with Crippen LogP contribution in [0.5, 0.6) is 0 Å². The van der Waals surface area contributed by atoms with E-state index < -0.39 is 0 Å². The molecular weight excluding hydrogens is 316 g/mol. The normalized spacial score (nSPS) is 10.6. The number of likely N-dealkylation sites (N-methyl/N-ethyl adjacent to an activating group) is 1. The van der Waals surface area contributed by atoms with Crippen molar-refractivity contribution in [3.05, 3.63) is 76.2 Å². The molecule has 1 aromatic heterocycles. The maximum absolute atomic E-state index is 12.7. The minimum atomic E-state index is 0.0509. The van der Waals surface area contributed by atoms with Gasteiger partial charge in [-0.15, -0.1) is 11.3 Å². The Morgan fingerprint density at radius 1 is 1.08 bits per heavy atom. The molecule has 0 aliphatic rings. The number of aryl methyl sites for hydroxylation is 1. The smallest absolute Gasteiger partial charge is 0.253 e. The van der Waals surface area contributed by atoms with Gasteiger partial charge in [-0.25, -0.2) is 4.98 Å². The van der Waals surface area contributed by atoms with Crippen LogP contribution in [0, 0.1) is 6.92 Å². The van der Waals surface area contributed by atoms with E-state index >= 15 is 0 Å². The van der Waals surface area contributed by atoms with E-state index in [0.29, 0.717) is 6.54 Å². The first-order valence-electron chi connectivity index (χ1n) is 7.95. The number of carbonyl (C=O) groups excluding carboxylic acids is 1. The van der Waals surface area contributed by atoms with Crippen LogP contribution < -0.4 is 0 Å². The Bertz CT molecular complexity index is 826. The second kappa shape index (κ2) is 7.41. The first-order chi connectivity index (χ1) is 11.6. The van der Waals surface area contributed by atoms with Gasteiger partial charge in [0.1, 0.15) is 0 Å². The van der Waals surface area contributed by atoms with E-state index in [2.05, 4.69) is 17.1 Å². The van der Waals surface area contributed by atoms with E-state index in [9.17, 15) is 4.79 Å². The van der Waals surface area contributed by atoms with Crippen molar-refractivity contribution < 1.29 is 4.79 Å². The van der Waals surface area contributed by atoms with Crippen LogP contribution in [0.25, 0.3) is 11.1 Å². The molecule has 4 heteroatoms. The molecule has 3 aromatic rings. The van der Waals surface area contributed by atoms with Crippen LogP contribution in [-0.2, 0) is 6.42 Å². The summed E-state index contributed by atoms with van der Waals surface area (Å²) in [6.45, 7) is 2.70. The van der Waals surface area contributed by atoms with Gasteiger partial charge in [0.25, 0.3) is 5.91 Å². The molecule has 0 unspecified atom stereocenters. The van der Waals surface area contributed by atoms with Gasteiger partial charge >= 0.3 is 0 Å². The number of nitrogens with zero attached hydrogens (tertiary/aromatic N) is 2. The van der Waals surface area contributed by atoms with Gasteiger partial charge in [0.05, 0.1) is 11.2 Å². The lowest BCUT2D eigenvalue weighted by molar-refractivity contribution is 0.0797. The van der Waals surface area contributed by atoms with Gasteiger partial charge in [-0.3, -0.25) is 4.79 Å². The second-order valence-electron chi connectivity index (χ2n) is 5.78. The molecule has 0 radical (unpaired) electrons. The highest BCUT2D eigenvalue weighted by Gasteiger charge is 2.13. The number of benzene rings is 2. The average molecular weight is 336 g/mol. The molecule has 0 aliphatic heterocycles. The van der Waals surface area contributed by atoms with Crippen molar-refractivity contribution in [2.24, 2.45) is 0 Å². The van der Waals surface area contributed by atoms with Crippen molar-refractivity contribution in [1.82, 2.24) is 9.88 Å². The summed E-state index contributed by atoms with van der Waals surface area (Å²) < 4.78 is 0. The van der Waals surface area contributed by atoms with E-state index in [1.54, 1.807) is 16.2 Å². The van der Waals surface area contributed by atoms with Crippen molar-refractivity contribution in [2.75, 3.05) is 13.6 Å². The van der Waals surface area contributed by atoms with Crippen LogP contribution in [0.15, 0.2) is 60.1 Å². The third kappa shape index (κ3) is 3.71. The quantitative estimate of drug-likeness (QED) is 0.690. The zero-order valence-corrected chi connectivity index (χ0v) is 14.7. The fourth-order valence-corrected chi connectivity index (χ4v) is 3.39. The molecule has 0 saturated carbocycles. The van der Waals surface area contributed by atoms with Crippen molar-refractivity contribution in [1.29, 1.82) is 0 Å². The molecule has 1 heterocycles. The van der Waals surface area contributed by atoms with Gasteiger partial charge in [-0.1, -0.05) is 42.5 Å². The molecule has 0 bridgehead atoms. The molecular formula is C20H20N2OS. The molecule has 0 fully saturated rings. The maximum atomic E-state index is 12.7. The molecule has 24 heavy (non-hydrogen) atoms. The largest absolute Gasteiger partial charge is 0.341 e. The van der Waals surface area contributed by atoms with Gasteiger partial charge in [0.2, 0.25) is 0 Å². The summed E-state index contributed by atoms with van der Waals surface area (Å²) in [7, 11) is 1.86. The highest BCUT2D eigenvalue weighted by atomic mass is 32.1.